The van der Waals surface area contributed by atoms with Crippen molar-refractivity contribution in [3.8, 4) is 0 Å². The smallest absolute Gasteiger partial charge is 0.267 e. The van der Waals surface area contributed by atoms with E-state index in [0.717, 1.165) is 0 Å². The molecule has 0 fully saturated rings. The highest BCUT2D eigenvalue weighted by Crippen LogP contribution is 2.13. The Balaban J connectivity index is 2.57. The molecule has 100 valence electrons. The van der Waals surface area contributed by atoms with Crippen molar-refractivity contribution in [1.82, 2.24) is 4.98 Å². The van der Waals surface area contributed by atoms with E-state index >= 15 is 0 Å². The van der Waals surface area contributed by atoms with Gasteiger partial charge in [0.2, 0.25) is 0 Å². The summed E-state index contributed by atoms with van der Waals surface area (Å²) in [6.45, 7) is 2.55. The highest BCUT2D eigenvalue weighted by atomic mass is 16.5. The van der Waals surface area contributed by atoms with Crippen molar-refractivity contribution in [2.24, 2.45) is 5.73 Å². The van der Waals surface area contributed by atoms with Crippen molar-refractivity contribution in [3.63, 3.8) is 0 Å². The third-order valence-corrected chi connectivity index (χ3v) is 2.53. The van der Waals surface area contributed by atoms with E-state index < -0.39 is 11.5 Å². The van der Waals surface area contributed by atoms with Crippen LogP contribution in [0.4, 0.5) is 5.69 Å². The fraction of sp³-hybridized carbons (Fsp3) is 0.500. The van der Waals surface area contributed by atoms with E-state index in [9.17, 15) is 9.90 Å². The normalized spacial score (nSPS) is 13.9. The maximum atomic E-state index is 11.0. The molecule has 18 heavy (non-hydrogen) atoms. The minimum atomic E-state index is -0.883. The van der Waals surface area contributed by atoms with Gasteiger partial charge in [-0.2, -0.15) is 0 Å². The molecule has 0 aliphatic carbocycles. The van der Waals surface area contributed by atoms with Crippen LogP contribution in [-0.4, -0.2) is 41.9 Å². The lowest BCUT2D eigenvalue weighted by atomic mass is 10.0. The summed E-state index contributed by atoms with van der Waals surface area (Å²) >= 11 is 0. The van der Waals surface area contributed by atoms with Gasteiger partial charge in [-0.05, 0) is 19.1 Å². The molecule has 0 aliphatic rings. The number of aromatic nitrogens is 1. The van der Waals surface area contributed by atoms with E-state index in [2.05, 4.69) is 10.3 Å². The quantitative estimate of drug-likeness (QED) is 0.652. The van der Waals surface area contributed by atoms with Gasteiger partial charge in [-0.15, -0.1) is 0 Å². The first kappa shape index (κ1) is 14.4. The number of methoxy groups -OCH3 is 1. The number of rotatable bonds is 7. The molecule has 1 heterocycles. The molecule has 0 aliphatic heterocycles. The molecule has 0 saturated carbocycles. The van der Waals surface area contributed by atoms with Gasteiger partial charge < -0.3 is 20.9 Å². The molecule has 1 aromatic rings. The van der Waals surface area contributed by atoms with Crippen LogP contribution in [0.15, 0.2) is 18.3 Å². The lowest BCUT2D eigenvalue weighted by molar-refractivity contribution is 0.0357. The van der Waals surface area contributed by atoms with E-state index in [1.807, 2.05) is 0 Å². The minimum absolute atomic E-state index is 0.191. The van der Waals surface area contributed by atoms with Crippen molar-refractivity contribution in [3.05, 3.63) is 24.0 Å². The number of carbonyl (C=O) groups excluding carboxylic acids is 1. The molecule has 0 radical (unpaired) electrons. The molecule has 6 nitrogen and oxygen atoms in total. The van der Waals surface area contributed by atoms with Gasteiger partial charge in [0.15, 0.2) is 0 Å². The third-order valence-electron chi connectivity index (χ3n) is 2.53. The van der Waals surface area contributed by atoms with E-state index in [1.54, 1.807) is 26.2 Å². The summed E-state index contributed by atoms with van der Waals surface area (Å²) in [6, 6.07) is 3.26. The predicted octanol–water partition coefficient (Wildman–Crippen LogP) is 0.380. The van der Waals surface area contributed by atoms with E-state index in [-0.39, 0.29) is 5.69 Å². The molecule has 1 aromatic heterocycles. The Morgan fingerprint density at radius 2 is 2.39 bits per heavy atom. The predicted molar refractivity (Wildman–Crippen MR) is 68.4 cm³/mol. The highest BCUT2D eigenvalue weighted by molar-refractivity contribution is 5.91. The fourth-order valence-corrected chi connectivity index (χ4v) is 1.38. The number of ether oxygens (including phenoxy) is 1. The summed E-state index contributed by atoms with van der Waals surface area (Å²) in [5, 5.41) is 13.1. The van der Waals surface area contributed by atoms with Crippen LogP contribution in [0, 0.1) is 0 Å². The second-order valence-corrected chi connectivity index (χ2v) is 4.39. The van der Waals surface area contributed by atoms with Gasteiger partial charge in [0.1, 0.15) is 5.69 Å². The number of amides is 1. The average Bonchev–Trinajstić information content (AvgIpc) is 2.34. The van der Waals surface area contributed by atoms with Gasteiger partial charge in [-0.3, -0.25) is 9.78 Å². The molecule has 0 bridgehead atoms. The summed E-state index contributed by atoms with van der Waals surface area (Å²) in [5.41, 5.74) is 5.13. The molecule has 1 unspecified atom stereocenters. The van der Waals surface area contributed by atoms with Crippen molar-refractivity contribution in [1.29, 1.82) is 0 Å². The molecular formula is C12H19N3O3. The van der Waals surface area contributed by atoms with Crippen molar-refractivity contribution >= 4 is 11.6 Å². The first-order chi connectivity index (χ1) is 8.44. The maximum Gasteiger partial charge on any atom is 0.267 e. The Morgan fingerprint density at radius 1 is 1.67 bits per heavy atom. The lowest BCUT2D eigenvalue weighted by Crippen LogP contribution is -2.34. The number of nitrogens with two attached hydrogens (primary N) is 1. The number of pyridine rings is 1. The number of hydrogen-bond donors (Lipinski definition) is 3. The second kappa shape index (κ2) is 6.32. The van der Waals surface area contributed by atoms with Crippen LogP contribution in [0.5, 0.6) is 0 Å². The van der Waals surface area contributed by atoms with Crippen LogP contribution in [0.3, 0.4) is 0 Å². The fourth-order valence-electron chi connectivity index (χ4n) is 1.38. The summed E-state index contributed by atoms with van der Waals surface area (Å²) < 4.78 is 4.92. The van der Waals surface area contributed by atoms with Crippen LogP contribution in [0.2, 0.25) is 0 Å². The molecule has 1 rings (SSSR count). The van der Waals surface area contributed by atoms with E-state index in [0.29, 0.717) is 25.3 Å². The Morgan fingerprint density at radius 3 is 3.00 bits per heavy atom. The number of anilines is 1. The summed E-state index contributed by atoms with van der Waals surface area (Å²) in [4.78, 5) is 14.8. The molecule has 6 heteroatoms. The number of primary amides is 1. The Kier molecular flexibility index (Phi) is 5.06. The van der Waals surface area contributed by atoms with Crippen LogP contribution in [0.25, 0.3) is 0 Å². The average molecular weight is 253 g/mol. The Hall–Kier alpha value is -1.66. The number of hydrogen-bond acceptors (Lipinski definition) is 5. The van der Waals surface area contributed by atoms with Crippen LogP contribution >= 0.6 is 0 Å². The summed E-state index contributed by atoms with van der Waals surface area (Å²) in [6.07, 6.45) is 2.01. The molecule has 0 aromatic carbocycles. The molecule has 1 amide bonds. The zero-order chi connectivity index (χ0) is 13.6. The van der Waals surface area contributed by atoms with Crippen molar-refractivity contribution in [2.75, 3.05) is 25.6 Å². The van der Waals surface area contributed by atoms with Crippen LogP contribution < -0.4 is 11.1 Å². The molecular weight excluding hydrogens is 234 g/mol. The summed E-state index contributed by atoms with van der Waals surface area (Å²) in [7, 11) is 1.59. The first-order valence-corrected chi connectivity index (χ1v) is 5.66. The SMILES string of the molecule is COCCC(C)(O)CNc1ccnc(C(N)=O)c1. The maximum absolute atomic E-state index is 11.0. The van der Waals surface area contributed by atoms with Gasteiger partial charge >= 0.3 is 0 Å². The summed E-state index contributed by atoms with van der Waals surface area (Å²) in [5.74, 6) is -0.579. The molecule has 0 spiro atoms. The Bertz CT molecular complexity index is 407. The topological polar surface area (TPSA) is 97.5 Å². The largest absolute Gasteiger partial charge is 0.388 e. The number of aliphatic hydroxyl groups is 1. The second-order valence-electron chi connectivity index (χ2n) is 4.39. The zero-order valence-corrected chi connectivity index (χ0v) is 10.6. The van der Waals surface area contributed by atoms with Gasteiger partial charge in [-0.1, -0.05) is 0 Å². The third kappa shape index (κ3) is 4.68. The molecule has 4 N–H and O–H groups in total. The zero-order valence-electron chi connectivity index (χ0n) is 10.6. The minimum Gasteiger partial charge on any atom is -0.388 e. The van der Waals surface area contributed by atoms with Crippen LogP contribution in [0.1, 0.15) is 23.8 Å². The molecule has 1 atom stereocenters. The van der Waals surface area contributed by atoms with Crippen LogP contribution in [-0.2, 0) is 4.74 Å². The van der Waals surface area contributed by atoms with Gasteiger partial charge in [0.05, 0.1) is 5.60 Å². The van der Waals surface area contributed by atoms with Crippen molar-refractivity contribution in [2.45, 2.75) is 18.9 Å². The monoisotopic (exact) mass is 253 g/mol. The highest BCUT2D eigenvalue weighted by Gasteiger charge is 2.19. The first-order valence-electron chi connectivity index (χ1n) is 5.66. The van der Waals surface area contributed by atoms with Gasteiger partial charge in [0, 0.05) is 38.6 Å². The Labute approximate surface area is 106 Å². The number of carbonyl (C=O) groups is 1. The molecule has 0 saturated heterocycles. The number of nitrogens with one attached hydrogen (secondary N) is 1. The van der Waals surface area contributed by atoms with E-state index in [4.69, 9.17) is 10.5 Å². The number of nitrogens with zero attached hydrogens (tertiary/aromatic N) is 1. The van der Waals surface area contributed by atoms with Gasteiger partial charge in [-0.25, -0.2) is 0 Å². The standard InChI is InChI=1S/C12H19N3O3/c1-12(17,4-6-18-2)8-15-9-3-5-14-10(7-9)11(13)16/h3,5,7,17H,4,6,8H2,1-2H3,(H2,13,16)(H,14,15). The van der Waals surface area contributed by atoms with Crippen molar-refractivity contribution < 1.29 is 14.6 Å². The van der Waals surface area contributed by atoms with Gasteiger partial charge in [0.25, 0.3) is 5.91 Å². The lowest BCUT2D eigenvalue weighted by Gasteiger charge is -2.23. The van der Waals surface area contributed by atoms with E-state index in [1.165, 1.54) is 6.20 Å².